The zero-order valence-corrected chi connectivity index (χ0v) is 13.3. The average Bonchev–Trinajstić information content (AvgIpc) is 2.92. The molecule has 2 amide bonds. The lowest BCUT2D eigenvalue weighted by Gasteiger charge is -2.50. The fourth-order valence-electron chi connectivity index (χ4n) is 3.55. The van der Waals surface area contributed by atoms with Crippen LogP contribution in [0.3, 0.4) is 0 Å². The smallest absolute Gasteiger partial charge is 0.249 e. The Hall–Kier alpha value is -1.06. The number of hydrogen-bond donors (Lipinski definition) is 1. The molecule has 4 nitrogen and oxygen atoms in total. The molecule has 2 fully saturated rings. The number of nitrogens with zero attached hydrogens (tertiary/aromatic N) is 1. The van der Waals surface area contributed by atoms with Crippen LogP contribution in [0, 0.1) is 5.92 Å². The lowest BCUT2D eigenvalue weighted by molar-refractivity contribution is -0.162. The number of piperazine rings is 1. The average molecular weight is 280 g/mol. The molecule has 0 bridgehead atoms. The van der Waals surface area contributed by atoms with Gasteiger partial charge < -0.3 is 10.2 Å². The predicted molar refractivity (Wildman–Crippen MR) is 79.2 cm³/mol. The van der Waals surface area contributed by atoms with Gasteiger partial charge in [-0.05, 0) is 45.4 Å². The second kappa shape index (κ2) is 5.38. The van der Waals surface area contributed by atoms with Crippen LogP contribution in [0.2, 0.25) is 0 Å². The number of nitrogens with one attached hydrogen (secondary N) is 1. The first-order valence-electron chi connectivity index (χ1n) is 8.02. The quantitative estimate of drug-likeness (QED) is 0.860. The number of amides is 2. The van der Waals surface area contributed by atoms with E-state index in [0.29, 0.717) is 18.8 Å². The van der Waals surface area contributed by atoms with Crippen molar-refractivity contribution < 1.29 is 9.59 Å². The SMILES string of the molecule is CCC1(CC)NC(=O)C(C)(C)N(CC2CCCC2)C1=O. The Balaban J connectivity index is 2.27. The van der Waals surface area contributed by atoms with Crippen LogP contribution in [0.1, 0.15) is 66.2 Å². The molecular formula is C16H28N2O2. The topological polar surface area (TPSA) is 49.4 Å². The van der Waals surface area contributed by atoms with E-state index in [1.165, 1.54) is 25.7 Å². The molecule has 2 aliphatic rings. The Bertz CT molecular complexity index is 393. The summed E-state index contributed by atoms with van der Waals surface area (Å²) in [6, 6.07) is 0. The third kappa shape index (κ3) is 2.33. The van der Waals surface area contributed by atoms with Gasteiger partial charge in [-0.3, -0.25) is 9.59 Å². The van der Waals surface area contributed by atoms with E-state index in [4.69, 9.17) is 0 Å². The van der Waals surface area contributed by atoms with Gasteiger partial charge >= 0.3 is 0 Å². The van der Waals surface area contributed by atoms with Crippen LogP contribution in [-0.2, 0) is 9.59 Å². The van der Waals surface area contributed by atoms with Gasteiger partial charge in [-0.1, -0.05) is 26.7 Å². The van der Waals surface area contributed by atoms with Gasteiger partial charge in [0.2, 0.25) is 11.8 Å². The molecule has 1 aliphatic carbocycles. The fourth-order valence-corrected chi connectivity index (χ4v) is 3.55. The third-order valence-electron chi connectivity index (χ3n) is 5.36. The minimum Gasteiger partial charge on any atom is -0.340 e. The summed E-state index contributed by atoms with van der Waals surface area (Å²) < 4.78 is 0. The van der Waals surface area contributed by atoms with Crippen LogP contribution >= 0.6 is 0 Å². The van der Waals surface area contributed by atoms with E-state index in [0.717, 1.165) is 6.54 Å². The highest BCUT2D eigenvalue weighted by Gasteiger charge is 2.53. The first-order valence-corrected chi connectivity index (χ1v) is 8.02. The van der Waals surface area contributed by atoms with E-state index in [2.05, 4.69) is 5.32 Å². The normalized spacial score (nSPS) is 25.9. The van der Waals surface area contributed by atoms with E-state index in [1.54, 1.807) is 0 Å². The molecule has 1 saturated carbocycles. The van der Waals surface area contributed by atoms with E-state index in [1.807, 2.05) is 32.6 Å². The number of hydrogen-bond acceptors (Lipinski definition) is 2. The van der Waals surface area contributed by atoms with Crippen molar-refractivity contribution in [3.05, 3.63) is 0 Å². The van der Waals surface area contributed by atoms with Crippen molar-refractivity contribution >= 4 is 11.8 Å². The molecule has 0 atom stereocenters. The second-order valence-electron chi connectivity index (χ2n) is 6.87. The monoisotopic (exact) mass is 280 g/mol. The first-order chi connectivity index (χ1) is 9.37. The largest absolute Gasteiger partial charge is 0.340 e. The Labute approximate surface area is 122 Å². The molecule has 1 aliphatic heterocycles. The van der Waals surface area contributed by atoms with Gasteiger partial charge in [0.25, 0.3) is 0 Å². The van der Waals surface area contributed by atoms with Crippen LogP contribution in [-0.4, -0.2) is 34.3 Å². The first kappa shape index (κ1) is 15.3. The van der Waals surface area contributed by atoms with Gasteiger partial charge in [-0.2, -0.15) is 0 Å². The number of carbonyl (C=O) groups excluding carboxylic acids is 2. The Morgan fingerprint density at radius 2 is 1.70 bits per heavy atom. The predicted octanol–water partition coefficient (Wildman–Crippen LogP) is 2.47. The summed E-state index contributed by atoms with van der Waals surface area (Å²) in [6.45, 7) is 8.43. The van der Waals surface area contributed by atoms with Gasteiger partial charge in [-0.25, -0.2) is 0 Å². The van der Waals surface area contributed by atoms with Gasteiger partial charge in [0.05, 0.1) is 0 Å². The molecule has 20 heavy (non-hydrogen) atoms. The highest BCUT2D eigenvalue weighted by Crippen LogP contribution is 2.34. The maximum absolute atomic E-state index is 13.0. The highest BCUT2D eigenvalue weighted by molar-refractivity contribution is 6.01. The molecule has 1 heterocycles. The van der Waals surface area contributed by atoms with E-state index in [9.17, 15) is 9.59 Å². The summed E-state index contributed by atoms with van der Waals surface area (Å²) in [5.41, 5.74) is -1.42. The lowest BCUT2D eigenvalue weighted by atomic mass is 9.82. The number of carbonyl (C=O) groups is 2. The molecular weight excluding hydrogens is 252 g/mol. The van der Waals surface area contributed by atoms with Gasteiger partial charge in [0.1, 0.15) is 11.1 Å². The van der Waals surface area contributed by atoms with Crippen LogP contribution in [0.25, 0.3) is 0 Å². The molecule has 0 radical (unpaired) electrons. The van der Waals surface area contributed by atoms with Gasteiger partial charge in [0, 0.05) is 6.54 Å². The second-order valence-corrected chi connectivity index (χ2v) is 6.87. The summed E-state index contributed by atoms with van der Waals surface area (Å²) in [4.78, 5) is 27.3. The highest BCUT2D eigenvalue weighted by atomic mass is 16.2. The van der Waals surface area contributed by atoms with E-state index in [-0.39, 0.29) is 11.8 Å². The Kier molecular flexibility index (Phi) is 4.12. The molecule has 0 unspecified atom stereocenters. The Morgan fingerprint density at radius 1 is 1.15 bits per heavy atom. The molecule has 2 rings (SSSR count). The molecule has 0 aromatic rings. The van der Waals surface area contributed by atoms with E-state index < -0.39 is 11.1 Å². The number of rotatable bonds is 4. The van der Waals surface area contributed by atoms with Crippen molar-refractivity contribution in [2.45, 2.75) is 77.3 Å². The van der Waals surface area contributed by atoms with Crippen molar-refractivity contribution in [1.29, 1.82) is 0 Å². The summed E-state index contributed by atoms with van der Waals surface area (Å²) in [6.07, 6.45) is 6.20. The van der Waals surface area contributed by atoms with E-state index >= 15 is 0 Å². The molecule has 4 heteroatoms. The third-order valence-corrected chi connectivity index (χ3v) is 5.36. The minimum absolute atomic E-state index is 0.0150. The minimum atomic E-state index is -0.729. The molecule has 114 valence electrons. The van der Waals surface area contributed by atoms with Crippen molar-refractivity contribution in [2.24, 2.45) is 5.92 Å². The fraction of sp³-hybridized carbons (Fsp3) is 0.875. The van der Waals surface area contributed by atoms with Crippen LogP contribution in [0.15, 0.2) is 0 Å². The summed E-state index contributed by atoms with van der Waals surface area (Å²) in [5, 5.41) is 2.99. The van der Waals surface area contributed by atoms with Crippen molar-refractivity contribution in [1.82, 2.24) is 10.2 Å². The van der Waals surface area contributed by atoms with Gasteiger partial charge in [0.15, 0.2) is 0 Å². The molecule has 0 aromatic carbocycles. The zero-order chi connectivity index (χ0) is 15.0. The van der Waals surface area contributed by atoms with Gasteiger partial charge in [-0.15, -0.1) is 0 Å². The molecule has 1 saturated heterocycles. The van der Waals surface area contributed by atoms with Crippen LogP contribution in [0.4, 0.5) is 0 Å². The van der Waals surface area contributed by atoms with Crippen LogP contribution < -0.4 is 5.32 Å². The zero-order valence-electron chi connectivity index (χ0n) is 13.3. The molecule has 0 aromatic heterocycles. The summed E-state index contributed by atoms with van der Waals surface area (Å²) in [7, 11) is 0. The molecule has 0 spiro atoms. The van der Waals surface area contributed by atoms with Crippen molar-refractivity contribution in [3.8, 4) is 0 Å². The van der Waals surface area contributed by atoms with Crippen LogP contribution in [0.5, 0.6) is 0 Å². The summed E-state index contributed by atoms with van der Waals surface area (Å²) >= 11 is 0. The lowest BCUT2D eigenvalue weighted by Crippen LogP contribution is -2.74. The standard InChI is InChI=1S/C16H28N2O2/c1-5-16(6-2)14(20)18(11-12-9-7-8-10-12)15(3,4)13(19)17-16/h12H,5-11H2,1-4H3,(H,17,19). The Morgan fingerprint density at radius 3 is 2.20 bits per heavy atom. The molecule has 1 N–H and O–H groups in total. The maximum atomic E-state index is 13.0. The maximum Gasteiger partial charge on any atom is 0.249 e. The van der Waals surface area contributed by atoms with Crippen molar-refractivity contribution in [3.63, 3.8) is 0 Å². The van der Waals surface area contributed by atoms with Crippen molar-refractivity contribution in [2.75, 3.05) is 6.54 Å². The summed E-state index contributed by atoms with van der Waals surface area (Å²) in [5.74, 6) is 0.660.